The lowest BCUT2D eigenvalue weighted by Crippen LogP contribution is -2.00. The van der Waals surface area contributed by atoms with Crippen molar-refractivity contribution in [2.45, 2.75) is 19.8 Å². The highest BCUT2D eigenvalue weighted by molar-refractivity contribution is 9.10. The molecule has 0 bridgehead atoms. The van der Waals surface area contributed by atoms with Gasteiger partial charge in [0.05, 0.1) is 10.2 Å². The smallest absolute Gasteiger partial charge is 0.220 e. The molecule has 1 rings (SSSR count). The molecule has 2 N–H and O–H groups in total. The molecule has 0 aliphatic carbocycles. The van der Waals surface area contributed by atoms with Crippen LogP contribution in [0.5, 0.6) is 0 Å². The van der Waals surface area contributed by atoms with Crippen LogP contribution in [-0.2, 0) is 0 Å². The van der Waals surface area contributed by atoms with Crippen molar-refractivity contribution in [1.29, 1.82) is 0 Å². The Morgan fingerprint density at radius 3 is 2.64 bits per heavy atom. The van der Waals surface area contributed by atoms with Gasteiger partial charge in [0.1, 0.15) is 0 Å². The van der Waals surface area contributed by atoms with Crippen LogP contribution in [0.4, 0.5) is 5.95 Å². The Labute approximate surface area is 74.2 Å². The Bertz CT molecular complexity index is 260. The Balaban J connectivity index is 3.13. The van der Waals surface area contributed by atoms with Gasteiger partial charge in [0.15, 0.2) is 0 Å². The van der Waals surface area contributed by atoms with Crippen LogP contribution in [-0.4, -0.2) is 9.97 Å². The molecule has 0 aliphatic rings. The average molecular weight is 216 g/mol. The number of aromatic nitrogens is 2. The fraction of sp³-hybridized carbons (Fsp3) is 0.429. The Morgan fingerprint density at radius 1 is 1.55 bits per heavy atom. The van der Waals surface area contributed by atoms with Crippen LogP contribution < -0.4 is 5.73 Å². The molecule has 1 heterocycles. The molecule has 11 heavy (non-hydrogen) atoms. The zero-order chi connectivity index (χ0) is 8.43. The van der Waals surface area contributed by atoms with Crippen molar-refractivity contribution in [2.24, 2.45) is 0 Å². The first-order valence-corrected chi connectivity index (χ1v) is 4.18. The number of anilines is 1. The zero-order valence-electron chi connectivity index (χ0n) is 6.50. The summed E-state index contributed by atoms with van der Waals surface area (Å²) in [5, 5.41) is 0. The lowest BCUT2D eigenvalue weighted by atomic mass is 10.1. The van der Waals surface area contributed by atoms with Gasteiger partial charge in [0.25, 0.3) is 0 Å². The van der Waals surface area contributed by atoms with Crippen molar-refractivity contribution in [3.63, 3.8) is 0 Å². The fourth-order valence-corrected chi connectivity index (χ4v) is 1.45. The summed E-state index contributed by atoms with van der Waals surface area (Å²) in [4.78, 5) is 7.93. The number of hydrogen-bond donors (Lipinski definition) is 1. The molecule has 0 radical (unpaired) electrons. The standard InChI is InChI=1S/C7H10BrN3/c1-4(2)6-5(8)3-10-7(9)11-6/h3-4H,1-2H3,(H2,9,10,11). The molecule has 1 aromatic rings. The van der Waals surface area contributed by atoms with Gasteiger partial charge in [-0.05, 0) is 21.8 Å². The van der Waals surface area contributed by atoms with E-state index in [0.29, 0.717) is 11.9 Å². The number of hydrogen-bond acceptors (Lipinski definition) is 3. The van der Waals surface area contributed by atoms with Crippen LogP contribution in [0, 0.1) is 0 Å². The Hall–Kier alpha value is -0.640. The van der Waals surface area contributed by atoms with E-state index in [4.69, 9.17) is 5.73 Å². The third-order valence-electron chi connectivity index (χ3n) is 1.34. The molecule has 0 atom stereocenters. The fourth-order valence-electron chi connectivity index (χ4n) is 0.799. The first-order valence-electron chi connectivity index (χ1n) is 3.39. The van der Waals surface area contributed by atoms with E-state index in [1.54, 1.807) is 6.20 Å². The maximum atomic E-state index is 5.42. The van der Waals surface area contributed by atoms with Crippen molar-refractivity contribution >= 4 is 21.9 Å². The molecular weight excluding hydrogens is 206 g/mol. The van der Waals surface area contributed by atoms with E-state index >= 15 is 0 Å². The maximum absolute atomic E-state index is 5.42. The first kappa shape index (κ1) is 8.46. The molecule has 0 saturated carbocycles. The predicted octanol–water partition coefficient (Wildman–Crippen LogP) is 1.94. The highest BCUT2D eigenvalue weighted by Gasteiger charge is 2.06. The maximum Gasteiger partial charge on any atom is 0.220 e. The largest absolute Gasteiger partial charge is 0.368 e. The summed E-state index contributed by atoms with van der Waals surface area (Å²) in [6.07, 6.45) is 1.68. The van der Waals surface area contributed by atoms with Crippen molar-refractivity contribution in [2.75, 3.05) is 5.73 Å². The van der Waals surface area contributed by atoms with E-state index in [2.05, 4.69) is 39.7 Å². The van der Waals surface area contributed by atoms with Gasteiger partial charge in [-0.2, -0.15) is 0 Å². The minimum Gasteiger partial charge on any atom is -0.368 e. The number of rotatable bonds is 1. The number of halogens is 1. The van der Waals surface area contributed by atoms with Gasteiger partial charge in [-0.1, -0.05) is 13.8 Å². The van der Waals surface area contributed by atoms with E-state index in [1.807, 2.05) is 0 Å². The summed E-state index contributed by atoms with van der Waals surface area (Å²) in [6, 6.07) is 0. The van der Waals surface area contributed by atoms with E-state index < -0.39 is 0 Å². The summed E-state index contributed by atoms with van der Waals surface area (Å²) in [6.45, 7) is 4.12. The third-order valence-corrected chi connectivity index (χ3v) is 1.95. The highest BCUT2D eigenvalue weighted by Crippen LogP contribution is 2.21. The van der Waals surface area contributed by atoms with Crippen LogP contribution in [0.1, 0.15) is 25.5 Å². The van der Waals surface area contributed by atoms with Crippen molar-refractivity contribution in [3.8, 4) is 0 Å². The van der Waals surface area contributed by atoms with Crippen LogP contribution in [0.2, 0.25) is 0 Å². The minimum absolute atomic E-state index is 0.330. The lowest BCUT2D eigenvalue weighted by Gasteiger charge is -2.05. The molecule has 60 valence electrons. The second-order valence-corrected chi connectivity index (χ2v) is 3.47. The quantitative estimate of drug-likeness (QED) is 0.780. The Kier molecular flexibility index (Phi) is 2.44. The molecule has 4 heteroatoms. The molecule has 0 aromatic carbocycles. The second-order valence-electron chi connectivity index (χ2n) is 2.62. The summed E-state index contributed by atoms with van der Waals surface area (Å²) in [7, 11) is 0. The third kappa shape index (κ3) is 1.89. The molecule has 0 spiro atoms. The number of nitrogen functional groups attached to an aromatic ring is 1. The van der Waals surface area contributed by atoms with E-state index in [-0.39, 0.29) is 0 Å². The van der Waals surface area contributed by atoms with E-state index in [9.17, 15) is 0 Å². The van der Waals surface area contributed by atoms with Gasteiger partial charge < -0.3 is 5.73 Å². The van der Waals surface area contributed by atoms with Crippen molar-refractivity contribution < 1.29 is 0 Å². The normalized spacial score (nSPS) is 10.5. The molecule has 1 aromatic heterocycles. The molecule has 3 nitrogen and oxygen atoms in total. The van der Waals surface area contributed by atoms with Gasteiger partial charge in [0.2, 0.25) is 5.95 Å². The number of nitrogens with two attached hydrogens (primary N) is 1. The Morgan fingerprint density at radius 2 is 2.18 bits per heavy atom. The van der Waals surface area contributed by atoms with Gasteiger partial charge in [-0.25, -0.2) is 9.97 Å². The molecule has 0 amide bonds. The molecule has 0 aliphatic heterocycles. The van der Waals surface area contributed by atoms with Crippen LogP contribution in [0.15, 0.2) is 10.7 Å². The van der Waals surface area contributed by atoms with Crippen LogP contribution in [0.3, 0.4) is 0 Å². The van der Waals surface area contributed by atoms with Crippen molar-refractivity contribution in [1.82, 2.24) is 9.97 Å². The van der Waals surface area contributed by atoms with E-state index in [1.165, 1.54) is 0 Å². The van der Waals surface area contributed by atoms with Gasteiger partial charge >= 0.3 is 0 Å². The van der Waals surface area contributed by atoms with Crippen LogP contribution >= 0.6 is 15.9 Å². The van der Waals surface area contributed by atoms with Crippen molar-refractivity contribution in [3.05, 3.63) is 16.4 Å². The average Bonchev–Trinajstić information content (AvgIpc) is 1.94. The molecule has 0 unspecified atom stereocenters. The number of nitrogens with zero attached hydrogens (tertiary/aromatic N) is 2. The van der Waals surface area contributed by atoms with Gasteiger partial charge in [-0.3, -0.25) is 0 Å². The molecule has 0 saturated heterocycles. The molecule has 0 fully saturated rings. The summed E-state index contributed by atoms with van der Waals surface area (Å²) in [5.41, 5.74) is 6.38. The first-order chi connectivity index (χ1) is 5.11. The second kappa shape index (κ2) is 3.17. The lowest BCUT2D eigenvalue weighted by molar-refractivity contribution is 0.810. The monoisotopic (exact) mass is 215 g/mol. The zero-order valence-corrected chi connectivity index (χ0v) is 8.09. The van der Waals surface area contributed by atoms with Crippen LogP contribution in [0.25, 0.3) is 0 Å². The van der Waals surface area contributed by atoms with Gasteiger partial charge in [-0.15, -0.1) is 0 Å². The van der Waals surface area contributed by atoms with Gasteiger partial charge in [0, 0.05) is 6.20 Å². The summed E-state index contributed by atoms with van der Waals surface area (Å²) < 4.78 is 0.918. The minimum atomic E-state index is 0.330. The topological polar surface area (TPSA) is 51.8 Å². The summed E-state index contributed by atoms with van der Waals surface area (Å²) >= 11 is 3.35. The SMILES string of the molecule is CC(C)c1nc(N)ncc1Br. The van der Waals surface area contributed by atoms with E-state index in [0.717, 1.165) is 10.2 Å². The summed E-state index contributed by atoms with van der Waals surface area (Å²) in [5.74, 6) is 0.701. The predicted molar refractivity (Wildman–Crippen MR) is 48.2 cm³/mol. The highest BCUT2D eigenvalue weighted by atomic mass is 79.9. The molecular formula is C7H10BrN3.